The van der Waals surface area contributed by atoms with E-state index in [4.69, 9.17) is 75.3 Å². The number of amides is 6. The van der Waals surface area contributed by atoms with Gasteiger partial charge >= 0.3 is 24.4 Å². The van der Waals surface area contributed by atoms with Crippen molar-refractivity contribution in [2.45, 2.75) is 141 Å². The molecule has 2 aliphatic heterocycles. The smallest absolute Gasteiger partial charge is 0.416 e. The minimum Gasteiger partial charge on any atom is -0.444 e. The fourth-order valence-electron chi connectivity index (χ4n) is 9.21. The van der Waals surface area contributed by atoms with Crippen molar-refractivity contribution in [1.29, 1.82) is 0 Å². The lowest BCUT2D eigenvalue weighted by Crippen LogP contribution is -2.53. The molecule has 0 spiro atoms. The summed E-state index contributed by atoms with van der Waals surface area (Å²) in [6.07, 6.45) is 1.20. The maximum Gasteiger partial charge on any atom is 0.416 e. The van der Waals surface area contributed by atoms with Gasteiger partial charge in [-0.05, 0) is 165 Å². The van der Waals surface area contributed by atoms with Crippen molar-refractivity contribution in [3.63, 3.8) is 0 Å². The van der Waals surface area contributed by atoms with Crippen molar-refractivity contribution >= 4 is 134 Å². The van der Waals surface area contributed by atoms with Crippen LogP contribution in [0.1, 0.15) is 116 Å². The minimum atomic E-state index is -0.760. The summed E-state index contributed by atoms with van der Waals surface area (Å²) in [4.78, 5) is 91.9. The van der Waals surface area contributed by atoms with E-state index < -0.39 is 46.8 Å². The number of halogens is 5. The fourth-order valence-corrected chi connectivity index (χ4v) is 10.5. The van der Waals surface area contributed by atoms with Crippen molar-refractivity contribution in [3.05, 3.63) is 156 Å². The Hall–Kier alpha value is -7.97. The number of hydrogen-bond acceptors (Lipinski definition) is 14. The van der Waals surface area contributed by atoms with Gasteiger partial charge in [-0.2, -0.15) is 19.2 Å². The molecule has 6 amide bonds. The number of carbonyl (C=O) groups is 6. The molecule has 0 aliphatic carbocycles. The van der Waals surface area contributed by atoms with E-state index in [-0.39, 0.29) is 60.3 Å². The van der Waals surface area contributed by atoms with Crippen LogP contribution in [0.15, 0.2) is 122 Å². The van der Waals surface area contributed by atoms with E-state index in [9.17, 15) is 28.8 Å². The second-order valence-corrected chi connectivity index (χ2v) is 28.5. The van der Waals surface area contributed by atoms with Crippen molar-refractivity contribution < 1.29 is 47.7 Å². The number of carbonyl (C=O) groups excluding carboxylic acids is 6. The third-order valence-corrected chi connectivity index (χ3v) is 15.2. The monoisotopic (exact) mass is 1510 g/mol. The van der Waals surface area contributed by atoms with E-state index in [0.29, 0.717) is 91.8 Å². The number of nitrogens with zero attached hydrogens (tertiary/aromatic N) is 11. The minimum absolute atomic E-state index is 0. The quantitative estimate of drug-likeness (QED) is 0.105. The number of aromatic nitrogens is 6. The van der Waals surface area contributed by atoms with Crippen LogP contribution in [0, 0.1) is 3.57 Å². The van der Waals surface area contributed by atoms with Crippen LogP contribution in [0.3, 0.4) is 0 Å². The summed E-state index contributed by atoms with van der Waals surface area (Å²) in [5, 5.41) is 13.3. The lowest BCUT2D eigenvalue weighted by Gasteiger charge is -2.35. The average molecular weight is 1510 g/mol. The molecule has 4 aromatic heterocycles. The van der Waals surface area contributed by atoms with Crippen molar-refractivity contribution in [2.24, 2.45) is 0 Å². The predicted molar refractivity (Wildman–Crippen MR) is 388 cm³/mol. The predicted octanol–water partition coefficient (Wildman–Crippen LogP) is 16.7. The Kier molecular flexibility index (Phi) is 26.9. The molecule has 2 saturated heterocycles. The van der Waals surface area contributed by atoms with Gasteiger partial charge in [0, 0.05) is 90.9 Å². The van der Waals surface area contributed by atoms with Gasteiger partial charge in [0.1, 0.15) is 47.1 Å². The summed E-state index contributed by atoms with van der Waals surface area (Å²) in [6.45, 7) is 23.6. The zero-order chi connectivity index (χ0) is 67.9. The lowest BCUT2D eigenvalue weighted by molar-refractivity contribution is -0.124. The van der Waals surface area contributed by atoms with Gasteiger partial charge in [-0.1, -0.05) is 105 Å². The van der Waals surface area contributed by atoms with Gasteiger partial charge in [-0.25, -0.2) is 29.1 Å². The van der Waals surface area contributed by atoms with Gasteiger partial charge in [0.15, 0.2) is 11.3 Å². The highest BCUT2D eigenvalue weighted by Crippen LogP contribution is 2.33. The Morgan fingerprint density at radius 1 is 0.521 bits per heavy atom. The number of nitrogens with one attached hydrogen (secondary N) is 1. The first-order chi connectivity index (χ1) is 43.6. The van der Waals surface area contributed by atoms with Crippen molar-refractivity contribution in [1.82, 2.24) is 44.3 Å². The molecule has 10 rings (SSSR count). The Morgan fingerprint density at radius 2 is 0.927 bits per heavy atom. The van der Waals surface area contributed by atoms with Gasteiger partial charge in [0.25, 0.3) is 0 Å². The number of rotatable bonds is 9. The first-order valence-corrected chi connectivity index (χ1v) is 32.1. The second kappa shape index (κ2) is 32.8. The summed E-state index contributed by atoms with van der Waals surface area (Å²) in [7, 11) is 0. The van der Waals surface area contributed by atoms with Crippen molar-refractivity contribution in [2.75, 3.05) is 54.0 Å². The van der Waals surface area contributed by atoms with Crippen LogP contribution >= 0.6 is 69.0 Å². The SMILES string of the molecule is C.C.C.CC(C)(C)OC(=O)N(Cc1ccc(Cl)cc1Cl)c1cc(-c2ccc(I)cc2)nc2ccnn12.CC(C)(C)OC(=O)N1CCN(c2ccc(-c3cc(N(Cc4ccc(Cl)cc4Cl)C(=O)OC(C)(C)C)n4nccc4n3)cc2)C(=O)C1.CC(C)(C)OC(=O)N1CCNC(=O)C1. The Morgan fingerprint density at radius 3 is 1.31 bits per heavy atom. The summed E-state index contributed by atoms with van der Waals surface area (Å²) in [5.74, 6) is 0.587. The van der Waals surface area contributed by atoms with Gasteiger partial charge < -0.3 is 29.2 Å². The summed E-state index contributed by atoms with van der Waals surface area (Å²) >= 11 is 27.4. The molecule has 1 N–H and O–H groups in total. The molecule has 8 aromatic rings. The molecule has 2 aliphatic rings. The van der Waals surface area contributed by atoms with Crippen LogP contribution in [-0.2, 0) is 41.6 Å². The number of fused-ring (bicyclic) bond motifs is 2. The standard InChI is InChI=1S/C33H36Cl2N6O5.C24H21Cl2IN4O2.C9H16N2O3.3CH4/c1-32(2,3)45-30(43)38-15-16-39(29(42)20-38)24-11-8-21(9-12-24)26-18-28(41-27(37-26)13-14-36-41)40(31(44)46-33(4,5)6)19-22-7-10-23(34)17-25(22)35;1-24(2,3)33-23(32)30(14-16-4-7-17(25)12-19(16)26)22-13-20(15-5-8-18(27)9-6-15)29-21-10-11-28-31(21)22;1-9(2,3)14-8(13)11-5-4-10-7(12)6-11;;;/h7-14,17-18H,15-16,19-20H2,1-6H3;4-13H,14H2,1-3H3;4-6H2,1-3H3,(H,10,12);3*1H4. The van der Waals surface area contributed by atoms with Crippen LogP contribution in [-0.4, -0.2) is 137 Å². The number of piperazine rings is 2. The summed E-state index contributed by atoms with van der Waals surface area (Å²) in [5.41, 5.74) is 3.56. The van der Waals surface area contributed by atoms with Crippen LogP contribution in [0.4, 0.5) is 36.5 Å². The summed E-state index contributed by atoms with van der Waals surface area (Å²) < 4.78 is 26.4. The van der Waals surface area contributed by atoms with Crippen LogP contribution in [0.2, 0.25) is 20.1 Å². The number of ether oxygens (including phenoxy) is 4. The fraction of sp³-hybridized carbons (Fsp3) is 0.391. The molecular weight excluding hydrogens is 1430 g/mol. The molecule has 0 unspecified atom stereocenters. The molecule has 6 heterocycles. The van der Waals surface area contributed by atoms with Gasteiger partial charge in [-0.15, -0.1) is 0 Å². The van der Waals surface area contributed by atoms with Gasteiger partial charge in [-0.3, -0.25) is 29.2 Å². The maximum absolute atomic E-state index is 13.6. The van der Waals surface area contributed by atoms with Crippen LogP contribution < -0.4 is 20.0 Å². The Labute approximate surface area is 595 Å². The third kappa shape index (κ3) is 21.8. The summed E-state index contributed by atoms with van der Waals surface area (Å²) in [6, 6.07) is 32.8. The topological polar surface area (TPSA) is 228 Å². The van der Waals surface area contributed by atoms with E-state index >= 15 is 0 Å². The highest BCUT2D eigenvalue weighted by molar-refractivity contribution is 14.1. The average Bonchev–Trinajstić information content (AvgIpc) is 1.45. The molecule has 22 nitrogen and oxygen atoms in total. The highest BCUT2D eigenvalue weighted by atomic mass is 127. The Bertz CT molecular complexity index is 4050. The normalized spacial score (nSPS) is 13.3. The number of anilines is 3. The molecule has 4 aromatic carbocycles. The number of benzene rings is 4. The molecule has 2 fully saturated rings. The lowest BCUT2D eigenvalue weighted by atomic mass is 10.1. The zero-order valence-electron chi connectivity index (χ0n) is 53.6. The Balaban J connectivity index is 0.000000290. The molecular formula is C69H85Cl4IN12O10. The maximum atomic E-state index is 13.6. The third-order valence-electron chi connectivity index (χ3n) is 13.3. The van der Waals surface area contributed by atoms with E-state index in [1.807, 2.05) is 75.4 Å². The second-order valence-electron chi connectivity index (χ2n) is 25.6. The van der Waals surface area contributed by atoms with Gasteiger partial charge in [0.2, 0.25) is 11.8 Å². The molecule has 0 atom stereocenters. The van der Waals surface area contributed by atoms with Crippen LogP contribution in [0.5, 0.6) is 0 Å². The van der Waals surface area contributed by atoms with Gasteiger partial charge in [0.05, 0.1) is 36.9 Å². The zero-order valence-corrected chi connectivity index (χ0v) is 58.8. The molecule has 0 bridgehead atoms. The molecule has 96 heavy (non-hydrogen) atoms. The van der Waals surface area contributed by atoms with E-state index in [2.05, 4.69) is 38.1 Å². The molecule has 0 saturated carbocycles. The molecule has 0 radical (unpaired) electrons. The number of hydrogen-bond donors (Lipinski definition) is 1. The van der Waals surface area contributed by atoms with Crippen LogP contribution in [0.25, 0.3) is 33.8 Å². The highest BCUT2D eigenvalue weighted by Gasteiger charge is 2.33. The first-order valence-electron chi connectivity index (χ1n) is 29.5. The first kappa shape index (κ1) is 78.7. The largest absolute Gasteiger partial charge is 0.444 e. The van der Waals surface area contributed by atoms with E-state index in [0.717, 1.165) is 20.3 Å². The molecule has 27 heteroatoms. The van der Waals surface area contributed by atoms with E-state index in [1.54, 1.807) is 143 Å². The molecule has 516 valence electrons. The van der Waals surface area contributed by atoms with Crippen molar-refractivity contribution in [3.8, 4) is 22.5 Å². The van der Waals surface area contributed by atoms with E-state index in [1.165, 1.54) is 19.6 Å².